The number of benzene rings is 1. The summed E-state index contributed by atoms with van der Waals surface area (Å²) < 4.78 is 10.5. The highest BCUT2D eigenvalue weighted by molar-refractivity contribution is 5.90. The van der Waals surface area contributed by atoms with E-state index in [1.54, 1.807) is 29.5 Å². The van der Waals surface area contributed by atoms with Crippen LogP contribution in [0.2, 0.25) is 0 Å². The average molecular weight is 542 g/mol. The highest BCUT2D eigenvalue weighted by Crippen LogP contribution is 2.26. The number of anilines is 2. The molecule has 5 aromatic rings. The lowest BCUT2D eigenvalue weighted by Gasteiger charge is -2.20. The summed E-state index contributed by atoms with van der Waals surface area (Å²) in [5.41, 5.74) is 2.05. The Labute approximate surface area is 232 Å². The smallest absolute Gasteiger partial charge is 0.418 e. The SMILES string of the molecule is CC(C)n1c(=O)c2cnc(Nc3ccc4cn(C(=O)OC(C)(C)C)cc4c3)nc2n1-c1ccnc(C(C)(C)C)c1. The van der Waals surface area contributed by atoms with Gasteiger partial charge in [-0.3, -0.25) is 14.3 Å². The van der Waals surface area contributed by atoms with Crippen LogP contribution in [-0.2, 0) is 10.2 Å². The summed E-state index contributed by atoms with van der Waals surface area (Å²) in [5.74, 6) is 0.346. The Morgan fingerprint density at radius 3 is 2.38 bits per heavy atom. The van der Waals surface area contributed by atoms with Crippen molar-refractivity contribution in [3.63, 3.8) is 0 Å². The molecule has 0 bridgehead atoms. The fourth-order valence-electron chi connectivity index (χ4n) is 4.50. The Balaban J connectivity index is 1.55. The summed E-state index contributed by atoms with van der Waals surface area (Å²) >= 11 is 0. The third-order valence-electron chi connectivity index (χ3n) is 6.37. The molecule has 5 rings (SSSR count). The molecule has 0 aliphatic heterocycles. The number of pyridine rings is 1. The zero-order valence-electron chi connectivity index (χ0n) is 24.2. The van der Waals surface area contributed by atoms with Crippen molar-refractivity contribution < 1.29 is 9.53 Å². The van der Waals surface area contributed by atoms with Crippen molar-refractivity contribution in [1.29, 1.82) is 0 Å². The molecule has 40 heavy (non-hydrogen) atoms. The highest BCUT2D eigenvalue weighted by atomic mass is 16.6. The Morgan fingerprint density at radius 2 is 1.70 bits per heavy atom. The highest BCUT2D eigenvalue weighted by Gasteiger charge is 2.22. The monoisotopic (exact) mass is 541 g/mol. The summed E-state index contributed by atoms with van der Waals surface area (Å²) in [4.78, 5) is 39.7. The van der Waals surface area contributed by atoms with Gasteiger partial charge in [-0.2, -0.15) is 4.98 Å². The van der Waals surface area contributed by atoms with E-state index in [-0.39, 0.29) is 17.0 Å². The predicted molar refractivity (Wildman–Crippen MR) is 157 cm³/mol. The maximum absolute atomic E-state index is 13.4. The van der Waals surface area contributed by atoms with Gasteiger partial charge in [-0.25, -0.2) is 19.1 Å². The molecular formula is C30H35N7O3. The largest absolute Gasteiger partial charge is 0.443 e. The van der Waals surface area contributed by atoms with Gasteiger partial charge in [0.15, 0.2) is 5.65 Å². The minimum atomic E-state index is -0.587. The van der Waals surface area contributed by atoms with E-state index in [0.717, 1.165) is 27.8 Å². The summed E-state index contributed by atoms with van der Waals surface area (Å²) in [6, 6.07) is 9.48. The maximum atomic E-state index is 13.4. The maximum Gasteiger partial charge on any atom is 0.418 e. The van der Waals surface area contributed by atoms with Gasteiger partial charge in [0, 0.05) is 58.4 Å². The number of hydrogen-bond donors (Lipinski definition) is 1. The fraction of sp³-hybridized carbons (Fsp3) is 0.367. The minimum absolute atomic E-state index is 0.110. The second-order valence-electron chi connectivity index (χ2n) is 12.2. The van der Waals surface area contributed by atoms with Crippen molar-refractivity contribution in [2.75, 3.05) is 5.32 Å². The molecule has 0 fully saturated rings. The molecule has 0 saturated heterocycles. The molecule has 0 radical (unpaired) electrons. The second kappa shape index (κ2) is 9.62. The molecular weight excluding hydrogens is 506 g/mol. The van der Waals surface area contributed by atoms with Gasteiger partial charge in [-0.05, 0) is 58.9 Å². The molecule has 4 heterocycles. The van der Waals surface area contributed by atoms with Gasteiger partial charge in [0.2, 0.25) is 5.95 Å². The molecule has 0 saturated carbocycles. The van der Waals surface area contributed by atoms with Crippen LogP contribution < -0.4 is 10.9 Å². The molecule has 0 unspecified atom stereocenters. The van der Waals surface area contributed by atoms with Crippen LogP contribution in [0.1, 0.15) is 67.1 Å². The van der Waals surface area contributed by atoms with Crippen LogP contribution in [-0.4, -0.2) is 40.6 Å². The number of nitrogens with zero attached hydrogens (tertiary/aromatic N) is 6. The molecule has 1 N–H and O–H groups in total. The van der Waals surface area contributed by atoms with Crippen LogP contribution >= 0.6 is 0 Å². The Bertz CT molecular complexity index is 1800. The van der Waals surface area contributed by atoms with E-state index >= 15 is 0 Å². The second-order valence-corrected chi connectivity index (χ2v) is 12.2. The van der Waals surface area contributed by atoms with E-state index in [1.165, 1.54) is 4.57 Å². The molecule has 1 aromatic carbocycles. The third-order valence-corrected chi connectivity index (χ3v) is 6.37. The number of carbonyl (C=O) groups excluding carboxylic acids is 1. The van der Waals surface area contributed by atoms with Crippen molar-refractivity contribution in [1.82, 2.24) is 28.9 Å². The van der Waals surface area contributed by atoms with Gasteiger partial charge >= 0.3 is 6.09 Å². The Hall–Kier alpha value is -4.47. The van der Waals surface area contributed by atoms with Gasteiger partial charge in [0.05, 0.1) is 5.69 Å². The molecule has 10 heteroatoms. The zero-order valence-corrected chi connectivity index (χ0v) is 24.2. The lowest BCUT2D eigenvalue weighted by molar-refractivity contribution is 0.0538. The van der Waals surface area contributed by atoms with Gasteiger partial charge in [-0.1, -0.05) is 26.8 Å². The number of ether oxygens (including phenoxy) is 1. The van der Waals surface area contributed by atoms with Crippen LogP contribution in [0.4, 0.5) is 16.4 Å². The first-order valence-corrected chi connectivity index (χ1v) is 13.3. The summed E-state index contributed by atoms with van der Waals surface area (Å²) in [6.07, 6.45) is 6.35. The first-order chi connectivity index (χ1) is 18.7. The van der Waals surface area contributed by atoms with Crippen molar-refractivity contribution in [3.8, 4) is 5.69 Å². The first kappa shape index (κ1) is 27.1. The molecule has 0 amide bonds. The van der Waals surface area contributed by atoms with Crippen LogP contribution in [0.15, 0.2) is 59.9 Å². The molecule has 0 atom stereocenters. The number of fused-ring (bicyclic) bond motifs is 2. The van der Waals surface area contributed by atoms with Crippen LogP contribution in [0.3, 0.4) is 0 Å². The van der Waals surface area contributed by atoms with Crippen molar-refractivity contribution in [2.45, 2.75) is 72.4 Å². The van der Waals surface area contributed by atoms with E-state index in [4.69, 9.17) is 9.72 Å². The first-order valence-electron chi connectivity index (χ1n) is 13.3. The van der Waals surface area contributed by atoms with Crippen LogP contribution in [0, 0.1) is 0 Å². The molecule has 0 aliphatic rings. The number of carbonyl (C=O) groups is 1. The number of hydrogen-bond acceptors (Lipinski definition) is 7. The lowest BCUT2D eigenvalue weighted by atomic mass is 9.91. The third kappa shape index (κ3) is 5.21. The molecule has 208 valence electrons. The molecule has 0 aliphatic carbocycles. The van der Waals surface area contributed by atoms with E-state index in [9.17, 15) is 9.59 Å². The Kier molecular flexibility index (Phi) is 6.52. The van der Waals surface area contributed by atoms with Crippen LogP contribution in [0.5, 0.6) is 0 Å². The fourth-order valence-corrected chi connectivity index (χ4v) is 4.50. The van der Waals surface area contributed by atoms with Crippen molar-refractivity contribution in [2.24, 2.45) is 0 Å². The molecule has 10 nitrogen and oxygen atoms in total. The van der Waals surface area contributed by atoms with Gasteiger partial charge in [-0.15, -0.1) is 0 Å². The number of nitrogens with one attached hydrogen (secondary N) is 1. The quantitative estimate of drug-likeness (QED) is 0.283. The standard InChI is InChI=1S/C30H35N7O3/c1-18(2)36-26(38)23-15-32-27(34-25(23)37(36)22-11-12-31-24(14-22)29(3,4)5)33-21-10-9-19-16-35(17-20(19)13-21)28(39)40-30(6,7)8/h9-18H,1-8H3,(H,32,33,34). The average Bonchev–Trinajstić information content (AvgIpc) is 3.41. The van der Waals surface area contributed by atoms with E-state index in [2.05, 4.69) is 36.1 Å². The van der Waals surface area contributed by atoms with E-state index in [1.807, 2.05) is 69.6 Å². The zero-order chi connectivity index (χ0) is 29.0. The Morgan fingerprint density at radius 1 is 0.975 bits per heavy atom. The van der Waals surface area contributed by atoms with Gasteiger partial charge in [0.1, 0.15) is 11.0 Å². The number of rotatable bonds is 4. The predicted octanol–water partition coefficient (Wildman–Crippen LogP) is 6.34. The minimum Gasteiger partial charge on any atom is -0.443 e. The van der Waals surface area contributed by atoms with E-state index < -0.39 is 11.7 Å². The molecule has 0 spiro atoms. The van der Waals surface area contributed by atoms with Gasteiger partial charge in [0.25, 0.3) is 5.56 Å². The van der Waals surface area contributed by atoms with Gasteiger partial charge < -0.3 is 10.1 Å². The summed E-state index contributed by atoms with van der Waals surface area (Å²) in [7, 11) is 0. The van der Waals surface area contributed by atoms with Crippen molar-refractivity contribution >= 4 is 39.5 Å². The summed E-state index contributed by atoms with van der Waals surface area (Å²) in [6.45, 7) is 15.7. The van der Waals surface area contributed by atoms with Crippen molar-refractivity contribution in [3.05, 3.63) is 71.2 Å². The van der Waals surface area contributed by atoms with E-state index in [0.29, 0.717) is 17.0 Å². The normalized spacial score (nSPS) is 12.4. The molecule has 4 aromatic heterocycles. The summed E-state index contributed by atoms with van der Waals surface area (Å²) in [5, 5.41) is 5.43. The van der Waals surface area contributed by atoms with Crippen LogP contribution in [0.25, 0.3) is 27.5 Å². The lowest BCUT2D eigenvalue weighted by Crippen LogP contribution is -2.26. The number of aromatic nitrogens is 6. The topological polar surface area (TPSA) is 109 Å².